The third-order valence-corrected chi connectivity index (χ3v) is 6.44. The van der Waals surface area contributed by atoms with Crippen LogP contribution in [0.3, 0.4) is 0 Å². The Bertz CT molecular complexity index is 1260. The number of rotatable bonds is 6. The normalized spacial score (nSPS) is 16.0. The summed E-state index contributed by atoms with van der Waals surface area (Å²) >= 11 is 17.0. The molecule has 0 bridgehead atoms. The van der Waals surface area contributed by atoms with E-state index >= 15 is 0 Å². The number of thiol groups is 1. The van der Waals surface area contributed by atoms with Crippen LogP contribution in [0, 0.1) is 11.3 Å². The van der Waals surface area contributed by atoms with Crippen LogP contribution in [0.15, 0.2) is 69.6 Å². The predicted octanol–water partition coefficient (Wildman–Crippen LogP) is 6.90. The Morgan fingerprint density at radius 2 is 1.91 bits per heavy atom. The third kappa shape index (κ3) is 4.77. The number of halogens is 2. The van der Waals surface area contributed by atoms with Crippen molar-refractivity contribution in [1.29, 1.82) is 5.26 Å². The quantitative estimate of drug-likeness (QED) is 0.363. The third-order valence-electron chi connectivity index (χ3n) is 5.44. The lowest BCUT2D eigenvalue weighted by Gasteiger charge is -2.36. The summed E-state index contributed by atoms with van der Waals surface area (Å²) in [5.74, 6) is 0.465. The molecule has 1 aromatic heterocycles. The van der Waals surface area contributed by atoms with Crippen molar-refractivity contribution in [1.82, 2.24) is 5.32 Å². The molecule has 5 nitrogen and oxygen atoms in total. The van der Waals surface area contributed by atoms with Crippen molar-refractivity contribution in [2.75, 3.05) is 4.90 Å². The first kappa shape index (κ1) is 23.3. The number of hydrogen-bond acceptors (Lipinski definition) is 5. The molecule has 1 amide bonds. The van der Waals surface area contributed by atoms with Crippen molar-refractivity contribution in [3.05, 3.63) is 86.6 Å². The topological polar surface area (TPSA) is 69.3 Å². The number of furan rings is 1. The Labute approximate surface area is 208 Å². The summed E-state index contributed by atoms with van der Waals surface area (Å²) in [4.78, 5) is 14.4. The highest BCUT2D eigenvalue weighted by atomic mass is 35.5. The van der Waals surface area contributed by atoms with Crippen LogP contribution in [0.25, 0.3) is 11.3 Å². The van der Waals surface area contributed by atoms with E-state index in [2.05, 4.69) is 24.9 Å². The van der Waals surface area contributed by atoms with Crippen molar-refractivity contribution in [2.24, 2.45) is 0 Å². The van der Waals surface area contributed by atoms with Crippen molar-refractivity contribution in [2.45, 2.75) is 32.4 Å². The summed E-state index contributed by atoms with van der Waals surface area (Å²) in [6, 6.07) is 18.6. The minimum atomic E-state index is -0.699. The highest BCUT2D eigenvalue weighted by Gasteiger charge is 2.36. The van der Waals surface area contributed by atoms with Crippen LogP contribution in [0.5, 0.6) is 0 Å². The van der Waals surface area contributed by atoms with Crippen LogP contribution in [0.4, 0.5) is 5.69 Å². The second-order valence-electron chi connectivity index (χ2n) is 7.65. The average Bonchev–Trinajstić information content (AvgIpc) is 3.30. The van der Waals surface area contributed by atoms with Gasteiger partial charge in [-0.25, -0.2) is 0 Å². The standard InChI is InChI=1S/C25H21Cl2N3O2S/c1-2-3-4-15-5-8-17(9-6-15)30-23(29-24(31)19(14-28)25(30)33)22-12-11-21(32-22)18-13-16(26)7-10-20(18)27/h5-13,23,33H,2-4H2,1H3,(H,29,31). The summed E-state index contributed by atoms with van der Waals surface area (Å²) in [5.41, 5.74) is 2.58. The second-order valence-corrected chi connectivity index (χ2v) is 8.92. The van der Waals surface area contributed by atoms with Gasteiger partial charge in [0.25, 0.3) is 5.91 Å². The van der Waals surface area contributed by atoms with Gasteiger partial charge in [0, 0.05) is 16.3 Å². The van der Waals surface area contributed by atoms with Gasteiger partial charge in [-0.2, -0.15) is 5.26 Å². The number of unbranched alkanes of at least 4 members (excludes halogenated alkanes) is 1. The van der Waals surface area contributed by atoms with Crippen LogP contribution < -0.4 is 10.2 Å². The van der Waals surface area contributed by atoms with Gasteiger partial charge in [0.05, 0.1) is 10.1 Å². The van der Waals surface area contributed by atoms with E-state index in [1.165, 1.54) is 5.56 Å². The van der Waals surface area contributed by atoms with Crippen LogP contribution >= 0.6 is 35.8 Å². The van der Waals surface area contributed by atoms with Crippen molar-refractivity contribution >= 4 is 47.4 Å². The molecule has 0 saturated carbocycles. The van der Waals surface area contributed by atoms with Crippen LogP contribution in [0.1, 0.15) is 37.3 Å². The fourth-order valence-electron chi connectivity index (χ4n) is 3.71. The minimum Gasteiger partial charge on any atom is -0.457 e. The van der Waals surface area contributed by atoms with E-state index in [0.717, 1.165) is 24.9 Å². The summed E-state index contributed by atoms with van der Waals surface area (Å²) in [7, 11) is 0. The Morgan fingerprint density at radius 1 is 1.15 bits per heavy atom. The van der Waals surface area contributed by atoms with E-state index < -0.39 is 12.1 Å². The number of nitrogens with zero attached hydrogens (tertiary/aromatic N) is 2. The number of carbonyl (C=O) groups is 1. The molecule has 2 aromatic carbocycles. The summed E-state index contributed by atoms with van der Waals surface area (Å²) in [6.45, 7) is 2.16. The number of amides is 1. The largest absolute Gasteiger partial charge is 0.457 e. The lowest BCUT2D eigenvalue weighted by Crippen LogP contribution is -2.45. The number of nitriles is 1. The average molecular weight is 498 g/mol. The molecule has 0 saturated heterocycles. The predicted molar refractivity (Wildman–Crippen MR) is 134 cm³/mol. The van der Waals surface area contributed by atoms with Crippen molar-refractivity contribution in [3.63, 3.8) is 0 Å². The smallest absolute Gasteiger partial charge is 0.266 e. The number of nitrogens with one attached hydrogen (secondary N) is 1. The van der Waals surface area contributed by atoms with E-state index in [1.807, 2.05) is 30.3 Å². The SMILES string of the molecule is CCCCc1ccc(N2C(S)=C(C#N)C(=O)NC2c2ccc(-c3cc(Cl)ccc3Cl)o2)cc1. The number of hydrogen-bond donors (Lipinski definition) is 2. The van der Waals surface area contributed by atoms with E-state index in [4.69, 9.17) is 27.6 Å². The Kier molecular flexibility index (Phi) is 7.04. The summed E-state index contributed by atoms with van der Waals surface area (Å²) < 4.78 is 6.10. The van der Waals surface area contributed by atoms with Gasteiger partial charge in [-0.15, -0.1) is 12.6 Å². The monoisotopic (exact) mass is 497 g/mol. The zero-order valence-electron chi connectivity index (χ0n) is 17.8. The molecule has 8 heteroatoms. The highest BCUT2D eigenvalue weighted by molar-refractivity contribution is 7.84. The fraction of sp³-hybridized carbons (Fsp3) is 0.200. The molecule has 2 heterocycles. The lowest BCUT2D eigenvalue weighted by molar-refractivity contribution is -0.118. The zero-order valence-corrected chi connectivity index (χ0v) is 20.2. The Hall–Kier alpha value is -2.85. The molecular formula is C25H21Cl2N3O2S. The van der Waals surface area contributed by atoms with E-state index in [9.17, 15) is 10.1 Å². The van der Waals surface area contributed by atoms with Gasteiger partial charge in [-0.1, -0.05) is 48.7 Å². The Balaban J connectivity index is 1.74. The van der Waals surface area contributed by atoms with Crippen LogP contribution in [-0.4, -0.2) is 5.91 Å². The highest BCUT2D eigenvalue weighted by Crippen LogP contribution is 2.39. The first-order chi connectivity index (χ1) is 15.9. The molecule has 0 fully saturated rings. The lowest BCUT2D eigenvalue weighted by atomic mass is 10.1. The van der Waals surface area contributed by atoms with Crippen molar-refractivity contribution in [3.8, 4) is 17.4 Å². The van der Waals surface area contributed by atoms with Crippen molar-refractivity contribution < 1.29 is 9.21 Å². The van der Waals surface area contributed by atoms with Gasteiger partial charge in [0.1, 0.15) is 23.2 Å². The maximum Gasteiger partial charge on any atom is 0.266 e. The summed E-state index contributed by atoms with van der Waals surface area (Å²) in [5, 5.41) is 13.6. The first-order valence-corrected chi connectivity index (χ1v) is 11.7. The molecule has 0 aliphatic carbocycles. The fourth-order valence-corrected chi connectivity index (χ4v) is 4.48. The second kappa shape index (κ2) is 9.96. The maximum atomic E-state index is 12.6. The molecule has 33 heavy (non-hydrogen) atoms. The summed E-state index contributed by atoms with van der Waals surface area (Å²) in [6.07, 6.45) is 2.52. The molecule has 1 aliphatic rings. The molecule has 3 aromatic rings. The molecule has 0 spiro atoms. The van der Waals surface area contributed by atoms with E-state index in [1.54, 1.807) is 35.2 Å². The molecule has 1 unspecified atom stereocenters. The minimum absolute atomic E-state index is 0.0608. The first-order valence-electron chi connectivity index (χ1n) is 10.5. The molecular weight excluding hydrogens is 477 g/mol. The van der Waals surface area contributed by atoms with E-state index in [0.29, 0.717) is 27.1 Å². The van der Waals surface area contributed by atoms with Crippen LogP contribution in [0.2, 0.25) is 10.0 Å². The van der Waals surface area contributed by atoms with E-state index in [-0.39, 0.29) is 10.6 Å². The molecule has 168 valence electrons. The number of benzene rings is 2. The molecule has 1 atom stereocenters. The molecule has 1 N–H and O–H groups in total. The zero-order chi connectivity index (χ0) is 23.5. The molecule has 1 aliphatic heterocycles. The number of anilines is 1. The van der Waals surface area contributed by atoms with Gasteiger partial charge < -0.3 is 14.6 Å². The van der Waals surface area contributed by atoms with Gasteiger partial charge in [0.15, 0.2) is 6.17 Å². The van der Waals surface area contributed by atoms with Gasteiger partial charge >= 0.3 is 0 Å². The van der Waals surface area contributed by atoms with Gasteiger partial charge in [-0.05, 0) is 60.9 Å². The Morgan fingerprint density at radius 3 is 2.61 bits per heavy atom. The molecule has 4 rings (SSSR count). The van der Waals surface area contributed by atoms with Gasteiger partial charge in [-0.3, -0.25) is 4.79 Å². The van der Waals surface area contributed by atoms with Crippen LogP contribution in [-0.2, 0) is 11.2 Å². The maximum absolute atomic E-state index is 12.6. The number of carbonyl (C=O) groups excluding carboxylic acids is 1. The number of aryl methyl sites for hydroxylation is 1. The molecule has 0 radical (unpaired) electrons. The van der Waals surface area contributed by atoms with Gasteiger partial charge in [0.2, 0.25) is 0 Å².